The maximum atomic E-state index is 12.7. The lowest BCUT2D eigenvalue weighted by molar-refractivity contribution is 0.0690. The third-order valence-corrected chi connectivity index (χ3v) is 4.02. The van der Waals surface area contributed by atoms with Gasteiger partial charge in [-0.2, -0.15) is 5.10 Å². The van der Waals surface area contributed by atoms with E-state index in [0.717, 1.165) is 12.1 Å². The number of benzene rings is 1. The first-order valence-corrected chi connectivity index (χ1v) is 8.40. The second-order valence-electron chi connectivity index (χ2n) is 6.30. The molecule has 5 nitrogen and oxygen atoms in total. The van der Waals surface area contributed by atoms with Crippen molar-refractivity contribution in [2.45, 2.75) is 33.0 Å². The highest BCUT2D eigenvalue weighted by Gasteiger charge is 2.19. The normalized spacial score (nSPS) is 10.8. The van der Waals surface area contributed by atoms with Crippen molar-refractivity contribution >= 4 is 5.91 Å². The van der Waals surface area contributed by atoms with Crippen molar-refractivity contribution in [1.82, 2.24) is 19.7 Å². The van der Waals surface area contributed by atoms with Crippen LogP contribution in [-0.2, 0) is 13.1 Å². The first kappa shape index (κ1) is 16.9. The van der Waals surface area contributed by atoms with Gasteiger partial charge in [-0.3, -0.25) is 14.5 Å². The Balaban J connectivity index is 1.72. The maximum Gasteiger partial charge on any atom is 0.255 e. The van der Waals surface area contributed by atoms with Gasteiger partial charge >= 0.3 is 0 Å². The molecule has 0 atom stereocenters. The van der Waals surface area contributed by atoms with Crippen LogP contribution in [0.4, 0.5) is 0 Å². The summed E-state index contributed by atoms with van der Waals surface area (Å²) in [6.45, 7) is 5.28. The Hall–Kier alpha value is -2.95. The standard InChI is InChI=1S/C20H22N4O/c1-16(2)24(20(25)19-9-6-10-21-12-19)15-18-11-22-23(14-18)13-17-7-4-3-5-8-17/h3-12,14,16H,13,15H2,1-2H3. The first-order valence-electron chi connectivity index (χ1n) is 8.40. The average Bonchev–Trinajstić information content (AvgIpc) is 3.07. The van der Waals surface area contributed by atoms with E-state index < -0.39 is 0 Å². The molecule has 5 heteroatoms. The van der Waals surface area contributed by atoms with Crippen LogP contribution in [0, 0.1) is 0 Å². The summed E-state index contributed by atoms with van der Waals surface area (Å²) in [7, 11) is 0. The lowest BCUT2D eigenvalue weighted by Gasteiger charge is -2.26. The predicted octanol–water partition coefficient (Wildman–Crippen LogP) is 3.38. The summed E-state index contributed by atoms with van der Waals surface area (Å²) in [5.74, 6) is -0.0149. The summed E-state index contributed by atoms with van der Waals surface area (Å²) >= 11 is 0. The summed E-state index contributed by atoms with van der Waals surface area (Å²) in [4.78, 5) is 18.6. The van der Waals surface area contributed by atoms with Gasteiger partial charge in [-0.1, -0.05) is 30.3 Å². The Morgan fingerprint density at radius 3 is 2.56 bits per heavy atom. The Morgan fingerprint density at radius 1 is 1.08 bits per heavy atom. The second-order valence-corrected chi connectivity index (χ2v) is 6.30. The van der Waals surface area contributed by atoms with Crippen LogP contribution >= 0.6 is 0 Å². The Morgan fingerprint density at radius 2 is 1.88 bits per heavy atom. The smallest absolute Gasteiger partial charge is 0.255 e. The van der Waals surface area contributed by atoms with Crippen LogP contribution in [0.3, 0.4) is 0 Å². The number of hydrogen-bond donors (Lipinski definition) is 0. The lowest BCUT2D eigenvalue weighted by atomic mass is 10.2. The van der Waals surface area contributed by atoms with E-state index in [1.807, 2.05) is 54.0 Å². The van der Waals surface area contributed by atoms with Gasteiger partial charge in [-0.05, 0) is 31.5 Å². The molecule has 0 saturated carbocycles. The zero-order valence-corrected chi connectivity index (χ0v) is 14.5. The maximum absolute atomic E-state index is 12.7. The van der Waals surface area contributed by atoms with Crippen LogP contribution < -0.4 is 0 Å². The number of pyridine rings is 1. The van der Waals surface area contributed by atoms with Crippen LogP contribution in [0.5, 0.6) is 0 Å². The largest absolute Gasteiger partial charge is 0.332 e. The van der Waals surface area contributed by atoms with E-state index in [1.165, 1.54) is 5.56 Å². The van der Waals surface area contributed by atoms with Crippen LogP contribution in [0.2, 0.25) is 0 Å². The van der Waals surface area contributed by atoms with Crippen molar-refractivity contribution in [3.63, 3.8) is 0 Å². The molecule has 2 aromatic heterocycles. The van der Waals surface area contributed by atoms with Crippen molar-refractivity contribution < 1.29 is 4.79 Å². The van der Waals surface area contributed by atoms with Crippen molar-refractivity contribution in [2.75, 3.05) is 0 Å². The van der Waals surface area contributed by atoms with Gasteiger partial charge in [0.25, 0.3) is 5.91 Å². The van der Waals surface area contributed by atoms with Crippen LogP contribution in [0.1, 0.15) is 35.3 Å². The molecular weight excluding hydrogens is 312 g/mol. The van der Waals surface area contributed by atoms with E-state index in [1.54, 1.807) is 24.5 Å². The average molecular weight is 334 g/mol. The number of carbonyl (C=O) groups excluding carboxylic acids is 1. The van der Waals surface area contributed by atoms with Gasteiger partial charge in [0.2, 0.25) is 0 Å². The van der Waals surface area contributed by atoms with Crippen molar-refractivity contribution in [3.8, 4) is 0 Å². The number of rotatable bonds is 6. The molecule has 0 aliphatic heterocycles. The first-order chi connectivity index (χ1) is 12.1. The van der Waals surface area contributed by atoms with Gasteiger partial charge in [0.05, 0.1) is 18.3 Å². The quantitative estimate of drug-likeness (QED) is 0.694. The van der Waals surface area contributed by atoms with E-state index >= 15 is 0 Å². The summed E-state index contributed by atoms with van der Waals surface area (Å²) in [5.41, 5.74) is 2.82. The third kappa shape index (κ3) is 4.32. The number of aromatic nitrogens is 3. The third-order valence-electron chi connectivity index (χ3n) is 4.02. The number of carbonyl (C=O) groups is 1. The van der Waals surface area contributed by atoms with Gasteiger partial charge in [0, 0.05) is 36.7 Å². The second kappa shape index (κ2) is 7.75. The van der Waals surface area contributed by atoms with E-state index in [2.05, 4.69) is 22.2 Å². The SMILES string of the molecule is CC(C)N(Cc1cnn(Cc2ccccc2)c1)C(=O)c1cccnc1. The molecule has 0 aliphatic carbocycles. The molecule has 2 heterocycles. The molecule has 0 N–H and O–H groups in total. The van der Waals surface area contributed by atoms with E-state index in [4.69, 9.17) is 0 Å². The van der Waals surface area contributed by atoms with Gasteiger partial charge < -0.3 is 4.90 Å². The van der Waals surface area contributed by atoms with E-state index in [0.29, 0.717) is 12.1 Å². The Kier molecular flexibility index (Phi) is 5.23. The minimum atomic E-state index is -0.0149. The molecule has 3 aromatic rings. The minimum absolute atomic E-state index is 0.0149. The number of amides is 1. The molecular formula is C20H22N4O. The molecule has 1 amide bonds. The molecule has 3 rings (SSSR count). The molecule has 1 aromatic carbocycles. The van der Waals surface area contributed by atoms with E-state index in [9.17, 15) is 4.79 Å². The molecule has 128 valence electrons. The summed E-state index contributed by atoms with van der Waals surface area (Å²) in [6, 6.07) is 13.9. The van der Waals surface area contributed by atoms with Gasteiger partial charge in [0.15, 0.2) is 0 Å². The van der Waals surface area contributed by atoms with Crippen molar-refractivity contribution in [2.24, 2.45) is 0 Å². The zero-order valence-electron chi connectivity index (χ0n) is 14.5. The highest BCUT2D eigenvalue weighted by atomic mass is 16.2. The minimum Gasteiger partial charge on any atom is -0.332 e. The fraction of sp³-hybridized carbons (Fsp3) is 0.250. The fourth-order valence-corrected chi connectivity index (χ4v) is 2.69. The Labute approximate surface area is 147 Å². The van der Waals surface area contributed by atoms with Crippen molar-refractivity contribution in [3.05, 3.63) is 83.9 Å². The molecule has 0 bridgehead atoms. The van der Waals surface area contributed by atoms with Crippen molar-refractivity contribution in [1.29, 1.82) is 0 Å². The van der Waals surface area contributed by atoms with Gasteiger partial charge in [0.1, 0.15) is 0 Å². The topological polar surface area (TPSA) is 51.0 Å². The molecule has 0 fully saturated rings. The van der Waals surface area contributed by atoms with Gasteiger partial charge in [-0.15, -0.1) is 0 Å². The lowest BCUT2D eigenvalue weighted by Crippen LogP contribution is -2.36. The monoisotopic (exact) mass is 334 g/mol. The molecule has 0 radical (unpaired) electrons. The van der Waals surface area contributed by atoms with Gasteiger partial charge in [-0.25, -0.2) is 0 Å². The van der Waals surface area contributed by atoms with E-state index in [-0.39, 0.29) is 11.9 Å². The summed E-state index contributed by atoms with van der Waals surface area (Å²) in [6.07, 6.45) is 7.11. The Bertz CT molecular complexity index is 812. The fourth-order valence-electron chi connectivity index (χ4n) is 2.69. The van der Waals surface area contributed by atoms with Crippen LogP contribution in [0.15, 0.2) is 67.3 Å². The molecule has 0 unspecified atom stereocenters. The molecule has 0 saturated heterocycles. The summed E-state index contributed by atoms with van der Waals surface area (Å²) in [5, 5.41) is 4.42. The highest BCUT2D eigenvalue weighted by molar-refractivity contribution is 5.94. The number of nitrogens with zero attached hydrogens (tertiary/aromatic N) is 4. The molecule has 0 aliphatic rings. The predicted molar refractivity (Wildman–Crippen MR) is 97.0 cm³/mol. The summed E-state index contributed by atoms with van der Waals surface area (Å²) < 4.78 is 1.90. The molecule has 0 spiro atoms. The highest BCUT2D eigenvalue weighted by Crippen LogP contribution is 2.13. The zero-order chi connectivity index (χ0) is 17.6. The molecule has 25 heavy (non-hydrogen) atoms. The number of hydrogen-bond acceptors (Lipinski definition) is 3. The van der Waals surface area contributed by atoms with Crippen LogP contribution in [-0.4, -0.2) is 31.6 Å². The van der Waals surface area contributed by atoms with Crippen LogP contribution in [0.25, 0.3) is 0 Å².